The van der Waals surface area contributed by atoms with Gasteiger partial charge in [-0.2, -0.15) is 0 Å². The highest BCUT2D eigenvalue weighted by Gasteiger charge is 2.15. The van der Waals surface area contributed by atoms with Crippen LogP contribution in [0.5, 0.6) is 0 Å². The van der Waals surface area contributed by atoms with E-state index in [2.05, 4.69) is 10.3 Å². The molecule has 4 aromatic rings. The van der Waals surface area contributed by atoms with Crippen molar-refractivity contribution >= 4 is 34.3 Å². The van der Waals surface area contributed by atoms with Gasteiger partial charge < -0.3 is 5.32 Å². The number of aryl methyl sites for hydroxylation is 3. The van der Waals surface area contributed by atoms with Gasteiger partial charge in [-0.05, 0) is 73.9 Å². The Balaban J connectivity index is 1.67. The second-order valence-electron chi connectivity index (χ2n) is 7.62. The monoisotopic (exact) mass is 447 g/mol. The summed E-state index contributed by atoms with van der Waals surface area (Å²) >= 11 is 1.16. The van der Waals surface area contributed by atoms with E-state index in [1.165, 1.54) is 10.6 Å². The molecule has 5 nitrogen and oxygen atoms in total. The van der Waals surface area contributed by atoms with E-state index in [0.29, 0.717) is 33.0 Å². The lowest BCUT2D eigenvalue weighted by Crippen LogP contribution is -2.23. The van der Waals surface area contributed by atoms with Crippen molar-refractivity contribution in [1.29, 1.82) is 0 Å². The number of rotatable bonds is 5. The van der Waals surface area contributed by atoms with Crippen molar-refractivity contribution in [2.75, 3.05) is 11.1 Å². The summed E-state index contributed by atoms with van der Waals surface area (Å²) in [5, 5.41) is 3.62. The zero-order chi connectivity index (χ0) is 22.8. The minimum atomic E-state index is -0.379. The Morgan fingerprint density at radius 3 is 2.50 bits per heavy atom. The molecule has 32 heavy (non-hydrogen) atoms. The molecule has 0 unspecified atom stereocenters. The Bertz CT molecular complexity index is 1400. The molecule has 1 amide bonds. The fourth-order valence-corrected chi connectivity index (χ4v) is 4.11. The molecule has 0 aliphatic rings. The fraction of sp³-hybridized carbons (Fsp3) is 0.160. The minimum Gasteiger partial charge on any atom is -0.325 e. The van der Waals surface area contributed by atoms with Gasteiger partial charge in [0.2, 0.25) is 5.91 Å². The summed E-state index contributed by atoms with van der Waals surface area (Å²) in [5.74, 6) is -0.673. The number of benzene rings is 3. The first-order valence-corrected chi connectivity index (χ1v) is 11.1. The summed E-state index contributed by atoms with van der Waals surface area (Å²) in [6, 6.07) is 17.5. The van der Waals surface area contributed by atoms with Crippen molar-refractivity contribution in [3.05, 3.63) is 93.5 Å². The average Bonchev–Trinajstić information content (AvgIpc) is 2.77. The van der Waals surface area contributed by atoms with E-state index in [1.54, 1.807) is 37.3 Å². The Kier molecular flexibility index (Phi) is 6.10. The van der Waals surface area contributed by atoms with Gasteiger partial charge in [0.05, 0.1) is 22.3 Å². The van der Waals surface area contributed by atoms with Crippen molar-refractivity contribution in [3.63, 3.8) is 0 Å². The minimum absolute atomic E-state index is 0.0190. The van der Waals surface area contributed by atoms with Crippen LogP contribution >= 0.6 is 11.8 Å². The number of hydrogen-bond acceptors (Lipinski definition) is 4. The predicted octanol–water partition coefficient (Wildman–Crippen LogP) is 5.18. The molecule has 1 N–H and O–H groups in total. The maximum absolute atomic E-state index is 13.8. The number of thioether (sulfide) groups is 1. The molecule has 1 heterocycles. The number of anilines is 1. The van der Waals surface area contributed by atoms with Gasteiger partial charge >= 0.3 is 0 Å². The Morgan fingerprint density at radius 1 is 1.00 bits per heavy atom. The van der Waals surface area contributed by atoms with Crippen molar-refractivity contribution < 1.29 is 9.18 Å². The first-order valence-electron chi connectivity index (χ1n) is 10.1. The van der Waals surface area contributed by atoms with Crippen LogP contribution in [0.4, 0.5) is 10.1 Å². The Hall–Kier alpha value is -3.45. The highest BCUT2D eigenvalue weighted by Crippen LogP contribution is 2.23. The summed E-state index contributed by atoms with van der Waals surface area (Å²) in [6.07, 6.45) is 0. The quantitative estimate of drug-likeness (QED) is 0.338. The smallest absolute Gasteiger partial charge is 0.266 e. The van der Waals surface area contributed by atoms with Gasteiger partial charge in [0.15, 0.2) is 5.16 Å². The molecule has 0 bridgehead atoms. The molecular formula is C25H22FN3O2S. The van der Waals surface area contributed by atoms with Crippen LogP contribution in [0, 0.1) is 26.6 Å². The molecular weight excluding hydrogens is 425 g/mol. The summed E-state index contributed by atoms with van der Waals surface area (Å²) in [7, 11) is 0. The summed E-state index contributed by atoms with van der Waals surface area (Å²) in [6.45, 7) is 5.65. The number of fused-ring (bicyclic) bond motifs is 1. The molecule has 0 fully saturated rings. The molecule has 0 saturated carbocycles. The van der Waals surface area contributed by atoms with E-state index in [1.807, 2.05) is 38.1 Å². The van der Waals surface area contributed by atoms with Crippen LogP contribution in [0.3, 0.4) is 0 Å². The SMILES string of the molecule is Cc1ccc(-n2c(SCC(=O)Nc3ccc(C)c(F)c3)nc3ccccc3c2=O)cc1C. The fourth-order valence-electron chi connectivity index (χ4n) is 3.30. The van der Waals surface area contributed by atoms with E-state index in [4.69, 9.17) is 0 Å². The zero-order valence-electron chi connectivity index (χ0n) is 18.0. The van der Waals surface area contributed by atoms with Crippen LogP contribution < -0.4 is 10.9 Å². The summed E-state index contributed by atoms with van der Waals surface area (Å²) in [5.41, 5.74) is 4.14. The van der Waals surface area contributed by atoms with Crippen LogP contribution in [0.25, 0.3) is 16.6 Å². The standard InChI is InChI=1S/C25H22FN3O2S/c1-15-9-11-19(12-17(15)3)29-24(31)20-6-4-5-7-22(20)28-25(29)32-14-23(30)27-18-10-8-16(2)21(26)13-18/h4-13H,14H2,1-3H3,(H,27,30). The second-order valence-corrected chi connectivity index (χ2v) is 8.56. The first kappa shape index (κ1) is 21.8. The molecule has 0 atom stereocenters. The van der Waals surface area contributed by atoms with Crippen molar-refractivity contribution in [3.8, 4) is 5.69 Å². The lowest BCUT2D eigenvalue weighted by atomic mass is 10.1. The first-order chi connectivity index (χ1) is 15.3. The van der Waals surface area contributed by atoms with Gasteiger partial charge in [0, 0.05) is 5.69 Å². The van der Waals surface area contributed by atoms with E-state index >= 15 is 0 Å². The molecule has 0 aliphatic heterocycles. The Labute approximate surface area is 189 Å². The third kappa shape index (κ3) is 4.43. The van der Waals surface area contributed by atoms with E-state index in [0.717, 1.165) is 22.9 Å². The maximum Gasteiger partial charge on any atom is 0.266 e. The van der Waals surface area contributed by atoms with Gasteiger partial charge in [0.1, 0.15) is 5.82 Å². The number of para-hydroxylation sites is 1. The predicted molar refractivity (Wildman–Crippen MR) is 127 cm³/mol. The molecule has 0 spiro atoms. The number of aromatic nitrogens is 2. The number of carbonyl (C=O) groups excluding carboxylic acids is 1. The van der Waals surface area contributed by atoms with Gasteiger partial charge in [-0.3, -0.25) is 14.2 Å². The van der Waals surface area contributed by atoms with Crippen molar-refractivity contribution in [2.24, 2.45) is 0 Å². The van der Waals surface area contributed by atoms with Gasteiger partial charge in [-0.25, -0.2) is 9.37 Å². The molecule has 1 aromatic heterocycles. The molecule has 4 rings (SSSR count). The molecule has 0 saturated heterocycles. The molecule has 7 heteroatoms. The number of nitrogens with one attached hydrogen (secondary N) is 1. The third-order valence-corrected chi connectivity index (χ3v) is 6.22. The average molecular weight is 448 g/mol. The van der Waals surface area contributed by atoms with Crippen LogP contribution in [0.15, 0.2) is 70.6 Å². The van der Waals surface area contributed by atoms with Gasteiger partial charge in [0.25, 0.3) is 5.56 Å². The number of hydrogen-bond donors (Lipinski definition) is 1. The highest BCUT2D eigenvalue weighted by atomic mass is 32.2. The van der Waals surface area contributed by atoms with Crippen molar-refractivity contribution in [2.45, 2.75) is 25.9 Å². The van der Waals surface area contributed by atoms with Gasteiger partial charge in [-0.1, -0.05) is 36.0 Å². The van der Waals surface area contributed by atoms with Crippen molar-refractivity contribution in [1.82, 2.24) is 9.55 Å². The van der Waals surface area contributed by atoms with Gasteiger partial charge in [-0.15, -0.1) is 0 Å². The third-order valence-electron chi connectivity index (χ3n) is 5.28. The van der Waals surface area contributed by atoms with E-state index in [-0.39, 0.29) is 23.0 Å². The molecule has 3 aromatic carbocycles. The van der Waals surface area contributed by atoms with Crippen LogP contribution in [0.1, 0.15) is 16.7 Å². The number of carbonyl (C=O) groups is 1. The lowest BCUT2D eigenvalue weighted by Gasteiger charge is -2.14. The topological polar surface area (TPSA) is 64.0 Å². The van der Waals surface area contributed by atoms with E-state index < -0.39 is 0 Å². The highest BCUT2D eigenvalue weighted by molar-refractivity contribution is 7.99. The largest absolute Gasteiger partial charge is 0.325 e. The molecule has 0 radical (unpaired) electrons. The van der Waals surface area contributed by atoms with Crippen LogP contribution in [-0.4, -0.2) is 21.2 Å². The maximum atomic E-state index is 13.8. The number of halogens is 1. The lowest BCUT2D eigenvalue weighted by molar-refractivity contribution is -0.113. The van der Waals surface area contributed by atoms with E-state index in [9.17, 15) is 14.0 Å². The second kappa shape index (κ2) is 8.96. The summed E-state index contributed by atoms with van der Waals surface area (Å²) in [4.78, 5) is 30.5. The normalized spacial score (nSPS) is 11.0. The molecule has 162 valence electrons. The zero-order valence-corrected chi connectivity index (χ0v) is 18.8. The number of amides is 1. The summed E-state index contributed by atoms with van der Waals surface area (Å²) < 4.78 is 15.3. The Morgan fingerprint density at radius 2 is 1.75 bits per heavy atom. The number of nitrogens with zero attached hydrogens (tertiary/aromatic N) is 2. The van der Waals surface area contributed by atoms with Crippen LogP contribution in [-0.2, 0) is 4.79 Å². The molecule has 0 aliphatic carbocycles. The van der Waals surface area contributed by atoms with Crippen LogP contribution in [0.2, 0.25) is 0 Å².